The molecular formula is C31H52F3N5O2. The third-order valence-electron chi connectivity index (χ3n) is 11.3. The molecule has 5 aliphatic rings. The Balaban J connectivity index is 1.18. The van der Waals surface area contributed by atoms with Gasteiger partial charge in [0.2, 0.25) is 5.91 Å². The molecular weight excluding hydrogens is 531 g/mol. The average Bonchev–Trinajstić information content (AvgIpc) is 3.31. The molecule has 10 heteroatoms. The van der Waals surface area contributed by atoms with Gasteiger partial charge in [-0.3, -0.25) is 15.1 Å². The molecule has 3 aliphatic carbocycles. The van der Waals surface area contributed by atoms with Crippen molar-refractivity contribution < 1.29 is 22.7 Å². The SMILES string of the molecule is N=C(N)C1CCC2CC(C(=O)N3CCC(CCN)CC3)N(CC3CCC(OC4CCCC(C(F)(F)F)C4)CC3)C2C1. The largest absolute Gasteiger partial charge is 0.391 e. The zero-order chi connectivity index (χ0) is 29.1. The van der Waals surface area contributed by atoms with E-state index in [2.05, 4.69) is 9.80 Å². The van der Waals surface area contributed by atoms with Crippen molar-refractivity contribution in [2.75, 3.05) is 26.2 Å². The molecule has 5 rings (SSSR count). The fraction of sp³-hybridized carbons (Fsp3) is 0.935. The molecule has 234 valence electrons. The summed E-state index contributed by atoms with van der Waals surface area (Å²) in [5.74, 6) is 0.962. The zero-order valence-electron chi connectivity index (χ0n) is 24.6. The highest BCUT2D eigenvalue weighted by atomic mass is 19.4. The van der Waals surface area contributed by atoms with Gasteiger partial charge in [0.25, 0.3) is 0 Å². The maximum Gasteiger partial charge on any atom is 0.391 e. The van der Waals surface area contributed by atoms with E-state index in [9.17, 15) is 18.0 Å². The van der Waals surface area contributed by atoms with Gasteiger partial charge in [-0.05, 0) is 114 Å². The summed E-state index contributed by atoms with van der Waals surface area (Å²) in [7, 11) is 0. The number of piperidine rings is 1. The van der Waals surface area contributed by atoms with Crippen molar-refractivity contribution in [3.05, 3.63) is 0 Å². The Morgan fingerprint density at radius 1 is 0.878 bits per heavy atom. The highest BCUT2D eigenvalue weighted by Crippen LogP contribution is 2.44. The molecule has 2 saturated heterocycles. The number of carbonyl (C=O) groups is 1. The van der Waals surface area contributed by atoms with Crippen molar-refractivity contribution in [2.45, 2.75) is 127 Å². The molecule has 6 atom stereocenters. The number of ether oxygens (including phenoxy) is 1. The number of nitrogens with one attached hydrogen (secondary N) is 1. The van der Waals surface area contributed by atoms with E-state index in [1.807, 2.05) is 0 Å². The monoisotopic (exact) mass is 583 g/mol. The molecule has 2 aliphatic heterocycles. The van der Waals surface area contributed by atoms with Crippen molar-refractivity contribution in [2.24, 2.45) is 41.1 Å². The molecule has 7 nitrogen and oxygen atoms in total. The third-order valence-corrected chi connectivity index (χ3v) is 11.3. The lowest BCUT2D eigenvalue weighted by Gasteiger charge is -2.41. The highest BCUT2D eigenvalue weighted by molar-refractivity contribution is 5.83. The van der Waals surface area contributed by atoms with E-state index in [1.54, 1.807) is 0 Å². The van der Waals surface area contributed by atoms with E-state index in [1.165, 1.54) is 0 Å². The summed E-state index contributed by atoms with van der Waals surface area (Å²) in [4.78, 5) is 18.5. The lowest BCUT2D eigenvalue weighted by molar-refractivity contribution is -0.196. The van der Waals surface area contributed by atoms with Gasteiger partial charge in [-0.15, -0.1) is 0 Å². The van der Waals surface area contributed by atoms with Crippen LogP contribution in [-0.2, 0) is 9.53 Å². The van der Waals surface area contributed by atoms with Crippen LogP contribution in [0.4, 0.5) is 13.2 Å². The Hall–Kier alpha value is -1.39. The van der Waals surface area contributed by atoms with Gasteiger partial charge in [0, 0.05) is 31.6 Å². The molecule has 1 amide bonds. The number of fused-ring (bicyclic) bond motifs is 1. The average molecular weight is 584 g/mol. The van der Waals surface area contributed by atoms with Gasteiger partial charge in [0.05, 0.1) is 30.0 Å². The maximum atomic E-state index is 13.9. The Labute approximate surface area is 243 Å². The Morgan fingerprint density at radius 3 is 2.27 bits per heavy atom. The summed E-state index contributed by atoms with van der Waals surface area (Å²) < 4.78 is 46.1. The third kappa shape index (κ3) is 7.58. The molecule has 41 heavy (non-hydrogen) atoms. The van der Waals surface area contributed by atoms with E-state index < -0.39 is 12.1 Å². The number of hydrogen-bond donors (Lipinski definition) is 3. The van der Waals surface area contributed by atoms with Crippen LogP contribution in [0.25, 0.3) is 0 Å². The first-order chi connectivity index (χ1) is 19.6. The van der Waals surface area contributed by atoms with Gasteiger partial charge in [-0.25, -0.2) is 0 Å². The van der Waals surface area contributed by atoms with E-state index in [-0.39, 0.29) is 54.8 Å². The lowest BCUT2D eigenvalue weighted by atomic mass is 9.77. The van der Waals surface area contributed by atoms with Crippen LogP contribution in [0.5, 0.6) is 0 Å². The molecule has 5 N–H and O–H groups in total. The number of nitrogens with zero attached hydrogens (tertiary/aromatic N) is 2. The summed E-state index contributed by atoms with van der Waals surface area (Å²) in [6.07, 6.45) is 7.82. The Kier molecular flexibility index (Phi) is 10.2. The van der Waals surface area contributed by atoms with E-state index in [4.69, 9.17) is 21.6 Å². The number of amides is 1. The summed E-state index contributed by atoms with van der Waals surface area (Å²) >= 11 is 0. The molecule has 3 saturated carbocycles. The summed E-state index contributed by atoms with van der Waals surface area (Å²) in [6, 6.07) is 0.189. The van der Waals surface area contributed by atoms with Crippen molar-refractivity contribution in [1.29, 1.82) is 5.41 Å². The van der Waals surface area contributed by atoms with Crippen LogP contribution in [-0.4, -0.2) is 78.2 Å². The molecule has 0 aromatic carbocycles. The van der Waals surface area contributed by atoms with Crippen LogP contribution in [0, 0.1) is 35.0 Å². The van der Waals surface area contributed by atoms with Crippen LogP contribution in [0.1, 0.15) is 96.3 Å². The van der Waals surface area contributed by atoms with Crippen molar-refractivity contribution in [1.82, 2.24) is 9.80 Å². The second-order valence-corrected chi connectivity index (χ2v) is 13.9. The van der Waals surface area contributed by atoms with Gasteiger partial charge >= 0.3 is 6.18 Å². The molecule has 0 bridgehead atoms. The van der Waals surface area contributed by atoms with Crippen molar-refractivity contribution in [3.63, 3.8) is 0 Å². The number of rotatable bonds is 8. The van der Waals surface area contributed by atoms with E-state index in [0.717, 1.165) is 96.7 Å². The molecule has 0 aromatic rings. The summed E-state index contributed by atoms with van der Waals surface area (Å²) in [6.45, 7) is 3.21. The molecule has 0 aromatic heterocycles. The second-order valence-electron chi connectivity index (χ2n) is 13.9. The van der Waals surface area contributed by atoms with Crippen LogP contribution in [0.3, 0.4) is 0 Å². The minimum Gasteiger partial charge on any atom is -0.387 e. The zero-order valence-corrected chi connectivity index (χ0v) is 24.6. The smallest absolute Gasteiger partial charge is 0.387 e. The number of likely N-dealkylation sites (tertiary alicyclic amines) is 2. The van der Waals surface area contributed by atoms with Gasteiger partial charge < -0.3 is 21.1 Å². The summed E-state index contributed by atoms with van der Waals surface area (Å²) in [5, 5.41) is 8.08. The van der Waals surface area contributed by atoms with E-state index in [0.29, 0.717) is 30.7 Å². The fourth-order valence-corrected chi connectivity index (χ4v) is 8.81. The molecule has 0 spiro atoms. The highest BCUT2D eigenvalue weighted by Gasteiger charge is 2.49. The summed E-state index contributed by atoms with van der Waals surface area (Å²) in [5.41, 5.74) is 11.7. The molecule has 5 fully saturated rings. The van der Waals surface area contributed by atoms with Crippen LogP contribution in [0.2, 0.25) is 0 Å². The minimum atomic E-state index is -4.12. The number of alkyl halides is 3. The minimum absolute atomic E-state index is 0.0404. The molecule has 0 radical (unpaired) electrons. The molecule has 2 heterocycles. The molecule has 6 unspecified atom stereocenters. The fourth-order valence-electron chi connectivity index (χ4n) is 8.81. The van der Waals surface area contributed by atoms with Crippen LogP contribution >= 0.6 is 0 Å². The maximum absolute atomic E-state index is 13.9. The quantitative estimate of drug-likeness (QED) is 0.273. The van der Waals surface area contributed by atoms with Gasteiger partial charge in [-0.2, -0.15) is 13.2 Å². The number of carbonyl (C=O) groups excluding carboxylic acids is 1. The predicted octanol–water partition coefficient (Wildman–Crippen LogP) is 5.07. The van der Waals surface area contributed by atoms with Gasteiger partial charge in [0.15, 0.2) is 0 Å². The second kappa shape index (κ2) is 13.5. The topological polar surface area (TPSA) is 109 Å². The van der Waals surface area contributed by atoms with Crippen molar-refractivity contribution in [3.8, 4) is 0 Å². The normalized spacial score (nSPS) is 37.6. The number of amidine groups is 1. The van der Waals surface area contributed by atoms with Crippen LogP contribution < -0.4 is 11.5 Å². The Morgan fingerprint density at radius 2 is 1.61 bits per heavy atom. The number of nitrogens with two attached hydrogens (primary N) is 2. The lowest BCUT2D eigenvalue weighted by Crippen LogP contribution is -2.52. The Bertz CT molecular complexity index is 887. The van der Waals surface area contributed by atoms with Gasteiger partial charge in [-0.1, -0.05) is 6.42 Å². The predicted molar refractivity (Wildman–Crippen MR) is 153 cm³/mol. The first-order valence-electron chi connectivity index (χ1n) is 16.4. The number of halogens is 3. The van der Waals surface area contributed by atoms with Crippen LogP contribution in [0.15, 0.2) is 0 Å². The number of hydrogen-bond acceptors (Lipinski definition) is 5. The standard InChI is InChI=1S/C31H52F3N5O2/c32-31(33,34)24-2-1-3-26(18-24)41-25-8-4-21(5-9-25)19-39-27-17-23(29(36)37)7-6-22(27)16-28(39)30(40)38-14-11-20(10-13-35)12-15-38/h20-28H,1-19,35H2,(H3,36,37). The van der Waals surface area contributed by atoms with Gasteiger partial charge in [0.1, 0.15) is 0 Å². The first-order valence-corrected chi connectivity index (χ1v) is 16.4. The first kappa shape index (κ1) is 31.0. The van der Waals surface area contributed by atoms with E-state index >= 15 is 0 Å². The van der Waals surface area contributed by atoms with Crippen molar-refractivity contribution >= 4 is 11.7 Å².